The van der Waals surface area contributed by atoms with Crippen molar-refractivity contribution >= 4 is 16.1 Å². The largest absolute Gasteiger partial charge is 1.00 e. The van der Waals surface area contributed by atoms with E-state index >= 15 is 0 Å². The van der Waals surface area contributed by atoms with Crippen molar-refractivity contribution in [1.82, 2.24) is 0 Å². The van der Waals surface area contributed by atoms with Crippen molar-refractivity contribution in [3.8, 4) is 0 Å². The summed E-state index contributed by atoms with van der Waals surface area (Å²) in [6.07, 6.45) is 1.78. The maximum atomic E-state index is 10.0. The van der Waals surface area contributed by atoms with Gasteiger partial charge < -0.3 is 9.90 Å². The smallest absolute Gasteiger partial charge is 0.545 e. The van der Waals surface area contributed by atoms with Crippen LogP contribution in [-0.4, -0.2) is 24.7 Å². The zero-order chi connectivity index (χ0) is 8.91. The maximum Gasteiger partial charge on any atom is 1.00 e. The van der Waals surface area contributed by atoms with Gasteiger partial charge in [-0.15, -0.1) is 0 Å². The fourth-order valence-electron chi connectivity index (χ4n) is 0.397. The Hall–Kier alpha value is 0.756. The van der Waals surface area contributed by atoms with Gasteiger partial charge in [-0.1, -0.05) is 6.08 Å². The fourth-order valence-corrected chi connectivity index (χ4v) is 0.830. The predicted octanol–water partition coefficient (Wildman–Crippen LogP) is -4.43. The van der Waals surface area contributed by atoms with Gasteiger partial charge in [0.15, 0.2) is 0 Å². The van der Waals surface area contributed by atoms with Crippen LogP contribution in [0.5, 0.6) is 0 Å². The van der Waals surface area contributed by atoms with Gasteiger partial charge in [0.05, 0.1) is 11.7 Å². The minimum absolute atomic E-state index is 0. The molecule has 0 aliphatic heterocycles. The van der Waals surface area contributed by atoms with E-state index in [1.807, 2.05) is 0 Å². The molecule has 0 aromatic rings. The second-order valence-corrected chi connectivity index (χ2v) is 3.37. The first-order valence-electron chi connectivity index (χ1n) is 2.74. The van der Waals surface area contributed by atoms with E-state index in [-0.39, 0.29) is 57.8 Å². The molecule has 0 atom stereocenters. The minimum Gasteiger partial charge on any atom is -0.545 e. The number of hydrogen-bond acceptors (Lipinski definition) is 4. The molecule has 7 heteroatoms. The number of rotatable bonds is 4. The fraction of sp³-hybridized carbons (Fsp3) is 0.400. The van der Waals surface area contributed by atoms with Crippen LogP contribution in [-0.2, 0) is 14.9 Å². The molecule has 0 aromatic carbocycles. The van der Waals surface area contributed by atoms with Gasteiger partial charge in [0.1, 0.15) is 0 Å². The number of aliphatic carboxylic acids is 1. The molecule has 12 heavy (non-hydrogen) atoms. The number of carboxylic acids is 1. The molecule has 0 aliphatic carbocycles. The van der Waals surface area contributed by atoms with E-state index in [4.69, 9.17) is 4.55 Å². The SMILES string of the molecule is O=C([O-])C=CCCS(=O)(=O)O.[K+]. The summed E-state index contributed by atoms with van der Waals surface area (Å²) >= 11 is 0. The average Bonchev–Trinajstić information content (AvgIpc) is 1.78. The molecule has 0 aromatic heterocycles. The van der Waals surface area contributed by atoms with Gasteiger partial charge in [-0.25, -0.2) is 0 Å². The zero-order valence-electron chi connectivity index (χ0n) is 6.56. The van der Waals surface area contributed by atoms with Crippen LogP contribution < -0.4 is 56.5 Å². The van der Waals surface area contributed by atoms with Crippen LogP contribution in [0.15, 0.2) is 12.2 Å². The molecule has 5 nitrogen and oxygen atoms in total. The van der Waals surface area contributed by atoms with E-state index < -0.39 is 21.8 Å². The summed E-state index contributed by atoms with van der Waals surface area (Å²) in [5.74, 6) is -1.86. The van der Waals surface area contributed by atoms with Crippen molar-refractivity contribution in [2.75, 3.05) is 5.75 Å². The van der Waals surface area contributed by atoms with Gasteiger partial charge in [0.25, 0.3) is 10.1 Å². The third kappa shape index (κ3) is 13.4. The Morgan fingerprint density at radius 2 is 2.00 bits per heavy atom. The Balaban J connectivity index is 0. The Bertz CT molecular complexity index is 255. The standard InChI is InChI=1S/C5H8O5S.K/c6-5(7)3-1-2-4-11(8,9)10;/h1,3H,2,4H2,(H,6,7)(H,8,9,10);/q;+1/p-1. The Labute approximate surface area is 113 Å². The van der Waals surface area contributed by atoms with E-state index in [0.29, 0.717) is 6.08 Å². The number of carbonyl (C=O) groups is 1. The third-order valence-corrected chi connectivity index (χ3v) is 1.55. The number of allylic oxidation sites excluding steroid dienone is 1. The molecule has 0 bridgehead atoms. The van der Waals surface area contributed by atoms with Crippen LogP contribution in [0, 0.1) is 0 Å². The van der Waals surface area contributed by atoms with Crippen LogP contribution in [0.1, 0.15) is 6.42 Å². The van der Waals surface area contributed by atoms with E-state index in [0.717, 1.165) is 6.08 Å². The molecule has 0 amide bonds. The molecule has 0 saturated carbocycles. The molecule has 0 rings (SSSR count). The summed E-state index contributed by atoms with van der Waals surface area (Å²) in [6.45, 7) is 0. The monoisotopic (exact) mass is 218 g/mol. The molecule has 0 heterocycles. The van der Waals surface area contributed by atoms with Crippen LogP contribution in [0.4, 0.5) is 0 Å². The first kappa shape index (κ1) is 15.2. The summed E-state index contributed by atoms with van der Waals surface area (Å²) in [5.41, 5.74) is 0. The molecule has 0 unspecified atom stereocenters. The molecule has 0 spiro atoms. The van der Waals surface area contributed by atoms with Gasteiger partial charge in [0, 0.05) is 0 Å². The van der Waals surface area contributed by atoms with Crippen LogP contribution in [0.3, 0.4) is 0 Å². The molecular weight excluding hydrogens is 211 g/mol. The van der Waals surface area contributed by atoms with Crippen molar-refractivity contribution in [1.29, 1.82) is 0 Å². The maximum absolute atomic E-state index is 10.0. The van der Waals surface area contributed by atoms with E-state index in [1.165, 1.54) is 0 Å². The summed E-state index contributed by atoms with van der Waals surface area (Å²) in [7, 11) is -3.99. The van der Waals surface area contributed by atoms with E-state index in [2.05, 4.69) is 0 Å². The first-order valence-corrected chi connectivity index (χ1v) is 4.35. The topological polar surface area (TPSA) is 94.5 Å². The van der Waals surface area contributed by atoms with E-state index in [1.54, 1.807) is 0 Å². The normalized spacial score (nSPS) is 11.1. The summed E-state index contributed by atoms with van der Waals surface area (Å²) in [5, 5.41) is 9.71. The number of carbonyl (C=O) groups excluding carboxylic acids is 1. The molecule has 64 valence electrons. The van der Waals surface area contributed by atoms with Crippen molar-refractivity contribution < 1.29 is 74.3 Å². The van der Waals surface area contributed by atoms with Crippen molar-refractivity contribution in [3.05, 3.63) is 12.2 Å². The number of hydrogen-bond donors (Lipinski definition) is 1. The van der Waals surface area contributed by atoms with Crippen molar-refractivity contribution in [2.45, 2.75) is 6.42 Å². The van der Waals surface area contributed by atoms with Crippen molar-refractivity contribution in [3.63, 3.8) is 0 Å². The minimum atomic E-state index is -3.99. The van der Waals surface area contributed by atoms with Gasteiger partial charge in [-0.3, -0.25) is 4.55 Å². The second kappa shape index (κ2) is 7.19. The molecule has 1 N–H and O–H groups in total. The molecule has 0 saturated heterocycles. The molecule has 0 aliphatic rings. The Morgan fingerprint density at radius 3 is 2.33 bits per heavy atom. The number of carboxylic acid groups (broad SMARTS) is 1. The van der Waals surface area contributed by atoms with Gasteiger partial charge in [0.2, 0.25) is 0 Å². The van der Waals surface area contributed by atoms with Crippen LogP contribution in [0.2, 0.25) is 0 Å². The predicted molar refractivity (Wildman–Crippen MR) is 35.2 cm³/mol. The zero-order valence-corrected chi connectivity index (χ0v) is 10.5. The first-order chi connectivity index (χ1) is 4.92. The van der Waals surface area contributed by atoms with Crippen molar-refractivity contribution in [2.24, 2.45) is 0 Å². The summed E-state index contributed by atoms with van der Waals surface area (Å²) in [6, 6.07) is 0. The van der Waals surface area contributed by atoms with Crippen LogP contribution in [0.25, 0.3) is 0 Å². The summed E-state index contributed by atoms with van der Waals surface area (Å²) < 4.78 is 28.2. The van der Waals surface area contributed by atoms with Gasteiger partial charge >= 0.3 is 51.4 Å². The van der Waals surface area contributed by atoms with Crippen LogP contribution >= 0.6 is 0 Å². The Kier molecular flexibility index (Phi) is 9.13. The quantitative estimate of drug-likeness (QED) is 0.292. The van der Waals surface area contributed by atoms with Gasteiger partial charge in [-0.2, -0.15) is 8.42 Å². The molecule has 0 radical (unpaired) electrons. The molecule has 0 fully saturated rings. The van der Waals surface area contributed by atoms with Gasteiger partial charge in [-0.05, 0) is 12.5 Å². The Morgan fingerprint density at radius 1 is 1.50 bits per heavy atom. The second-order valence-electron chi connectivity index (χ2n) is 1.80. The summed E-state index contributed by atoms with van der Waals surface area (Å²) in [4.78, 5) is 9.71. The average molecular weight is 218 g/mol. The molecular formula is C5H7KO5S. The van der Waals surface area contributed by atoms with E-state index in [9.17, 15) is 18.3 Å². The third-order valence-electron chi connectivity index (χ3n) is 0.796.